The van der Waals surface area contributed by atoms with Crippen molar-refractivity contribution in [1.29, 1.82) is 0 Å². The Kier molecular flexibility index (Phi) is 5.09. The van der Waals surface area contributed by atoms with E-state index in [0.717, 1.165) is 13.1 Å². The van der Waals surface area contributed by atoms with E-state index in [4.69, 9.17) is 5.73 Å². The van der Waals surface area contributed by atoms with E-state index >= 15 is 0 Å². The summed E-state index contributed by atoms with van der Waals surface area (Å²) in [4.78, 5) is 16.5. The Labute approximate surface area is 113 Å². The van der Waals surface area contributed by atoms with Crippen molar-refractivity contribution >= 4 is 17.3 Å². The SMILES string of the molecule is CC(C)CN(CC(C)C)c1ccc([N+](=O)[O-])c(N)n1. The van der Waals surface area contributed by atoms with E-state index < -0.39 is 4.92 Å². The maximum Gasteiger partial charge on any atom is 0.311 e. The summed E-state index contributed by atoms with van der Waals surface area (Å²) in [5.74, 6) is 1.64. The first-order chi connectivity index (χ1) is 8.81. The molecule has 0 aliphatic carbocycles. The number of nitro groups is 1. The lowest BCUT2D eigenvalue weighted by atomic mass is 10.1. The summed E-state index contributed by atoms with van der Waals surface area (Å²) in [6.07, 6.45) is 0. The maximum atomic E-state index is 10.7. The fourth-order valence-electron chi connectivity index (χ4n) is 1.93. The fourth-order valence-corrected chi connectivity index (χ4v) is 1.93. The molecule has 1 aromatic heterocycles. The van der Waals surface area contributed by atoms with Crippen LogP contribution < -0.4 is 10.6 Å². The van der Waals surface area contributed by atoms with Gasteiger partial charge in [0.25, 0.3) is 0 Å². The predicted molar refractivity (Wildman–Crippen MR) is 77.2 cm³/mol. The van der Waals surface area contributed by atoms with Gasteiger partial charge in [-0.25, -0.2) is 4.98 Å². The van der Waals surface area contributed by atoms with Crippen molar-refractivity contribution in [3.05, 3.63) is 22.2 Å². The van der Waals surface area contributed by atoms with Crippen LogP contribution in [-0.2, 0) is 0 Å². The summed E-state index contributed by atoms with van der Waals surface area (Å²) < 4.78 is 0. The molecule has 0 unspecified atom stereocenters. The smallest absolute Gasteiger partial charge is 0.311 e. The molecule has 19 heavy (non-hydrogen) atoms. The van der Waals surface area contributed by atoms with E-state index in [1.807, 2.05) is 0 Å². The topological polar surface area (TPSA) is 85.3 Å². The summed E-state index contributed by atoms with van der Waals surface area (Å²) in [6, 6.07) is 3.09. The van der Waals surface area contributed by atoms with Crippen LogP contribution in [0.2, 0.25) is 0 Å². The lowest BCUT2D eigenvalue weighted by Crippen LogP contribution is -2.32. The Balaban J connectivity index is 3.02. The second-order valence-electron chi connectivity index (χ2n) is 5.52. The molecule has 0 aromatic carbocycles. The van der Waals surface area contributed by atoms with Gasteiger partial charge in [-0.05, 0) is 17.9 Å². The molecule has 0 aliphatic rings. The van der Waals surface area contributed by atoms with E-state index in [1.165, 1.54) is 6.07 Å². The number of anilines is 2. The molecule has 1 aromatic rings. The second-order valence-corrected chi connectivity index (χ2v) is 5.52. The van der Waals surface area contributed by atoms with Gasteiger partial charge in [-0.2, -0.15) is 0 Å². The lowest BCUT2D eigenvalue weighted by Gasteiger charge is -2.27. The minimum Gasteiger partial charge on any atom is -0.378 e. The van der Waals surface area contributed by atoms with Gasteiger partial charge in [-0.3, -0.25) is 10.1 Å². The van der Waals surface area contributed by atoms with Gasteiger partial charge in [0.1, 0.15) is 5.82 Å². The summed E-state index contributed by atoms with van der Waals surface area (Å²) in [7, 11) is 0. The van der Waals surface area contributed by atoms with Gasteiger partial charge in [-0.1, -0.05) is 27.7 Å². The van der Waals surface area contributed by atoms with Gasteiger partial charge in [-0.15, -0.1) is 0 Å². The fraction of sp³-hybridized carbons (Fsp3) is 0.615. The van der Waals surface area contributed by atoms with Gasteiger partial charge >= 0.3 is 5.69 Å². The van der Waals surface area contributed by atoms with Crippen molar-refractivity contribution in [2.24, 2.45) is 11.8 Å². The summed E-state index contributed by atoms with van der Waals surface area (Å²) in [6.45, 7) is 10.2. The number of nitrogen functional groups attached to an aromatic ring is 1. The summed E-state index contributed by atoms with van der Waals surface area (Å²) in [5, 5.41) is 10.7. The molecule has 0 saturated heterocycles. The normalized spacial score (nSPS) is 11.1. The number of pyridine rings is 1. The number of nitrogens with zero attached hydrogens (tertiary/aromatic N) is 3. The third-order valence-electron chi connectivity index (χ3n) is 2.58. The van der Waals surface area contributed by atoms with Crippen molar-refractivity contribution in [3.63, 3.8) is 0 Å². The number of hydrogen-bond donors (Lipinski definition) is 1. The van der Waals surface area contributed by atoms with E-state index in [9.17, 15) is 10.1 Å². The molecule has 6 nitrogen and oxygen atoms in total. The quantitative estimate of drug-likeness (QED) is 0.632. The first-order valence-electron chi connectivity index (χ1n) is 6.47. The third-order valence-corrected chi connectivity index (χ3v) is 2.58. The standard InChI is InChI=1S/C13H22N4O2/c1-9(2)7-16(8-10(3)4)12-6-5-11(17(18)19)13(14)15-12/h5-6,9-10H,7-8H2,1-4H3,(H2,14,15). The first-order valence-corrected chi connectivity index (χ1v) is 6.47. The summed E-state index contributed by atoms with van der Waals surface area (Å²) in [5.41, 5.74) is 5.50. The highest BCUT2D eigenvalue weighted by molar-refractivity contribution is 5.58. The maximum absolute atomic E-state index is 10.7. The van der Waals surface area contributed by atoms with Crippen LogP contribution in [-0.4, -0.2) is 23.0 Å². The molecule has 0 amide bonds. The average molecular weight is 266 g/mol. The zero-order valence-corrected chi connectivity index (χ0v) is 12.0. The van der Waals surface area contributed by atoms with Crippen LogP contribution in [0.15, 0.2) is 12.1 Å². The first kappa shape index (κ1) is 15.2. The van der Waals surface area contributed by atoms with Crippen LogP contribution in [0.4, 0.5) is 17.3 Å². The number of hydrogen-bond acceptors (Lipinski definition) is 5. The van der Waals surface area contributed by atoms with Gasteiger partial charge in [0.05, 0.1) is 4.92 Å². The van der Waals surface area contributed by atoms with Crippen molar-refractivity contribution in [1.82, 2.24) is 4.98 Å². The zero-order chi connectivity index (χ0) is 14.6. The Morgan fingerprint density at radius 3 is 2.16 bits per heavy atom. The van der Waals surface area contributed by atoms with Crippen LogP contribution in [0.3, 0.4) is 0 Å². The minimum atomic E-state index is -0.513. The lowest BCUT2D eigenvalue weighted by molar-refractivity contribution is -0.384. The Hall–Kier alpha value is -1.85. The highest BCUT2D eigenvalue weighted by atomic mass is 16.6. The van der Waals surface area contributed by atoms with Gasteiger partial charge in [0.15, 0.2) is 0 Å². The second kappa shape index (κ2) is 6.36. The molecule has 0 fully saturated rings. The van der Waals surface area contributed by atoms with Crippen molar-refractivity contribution < 1.29 is 4.92 Å². The van der Waals surface area contributed by atoms with Crippen LogP contribution in [0.5, 0.6) is 0 Å². The van der Waals surface area contributed by atoms with Gasteiger partial charge in [0.2, 0.25) is 5.82 Å². The Bertz CT molecular complexity index is 436. The number of aromatic nitrogens is 1. The molecule has 106 valence electrons. The predicted octanol–water partition coefficient (Wildman–Crippen LogP) is 2.69. The largest absolute Gasteiger partial charge is 0.378 e. The van der Waals surface area contributed by atoms with Crippen LogP contribution in [0, 0.1) is 22.0 Å². The van der Waals surface area contributed by atoms with E-state index in [-0.39, 0.29) is 11.5 Å². The van der Waals surface area contributed by atoms with Crippen molar-refractivity contribution in [2.75, 3.05) is 23.7 Å². The molecule has 1 heterocycles. The average Bonchev–Trinajstić information content (AvgIpc) is 2.26. The molecular weight excluding hydrogens is 244 g/mol. The monoisotopic (exact) mass is 266 g/mol. The van der Waals surface area contributed by atoms with Crippen LogP contribution in [0.25, 0.3) is 0 Å². The highest BCUT2D eigenvalue weighted by Gasteiger charge is 2.17. The number of rotatable bonds is 6. The Morgan fingerprint density at radius 2 is 1.79 bits per heavy atom. The molecular formula is C13H22N4O2. The molecule has 6 heteroatoms. The van der Waals surface area contributed by atoms with Crippen LogP contribution in [0.1, 0.15) is 27.7 Å². The molecule has 0 atom stereocenters. The molecule has 0 bridgehead atoms. The number of nitrogens with two attached hydrogens (primary N) is 1. The van der Waals surface area contributed by atoms with Gasteiger partial charge < -0.3 is 10.6 Å². The van der Waals surface area contributed by atoms with E-state index in [1.54, 1.807) is 6.07 Å². The highest BCUT2D eigenvalue weighted by Crippen LogP contribution is 2.24. The minimum absolute atomic E-state index is 0.0278. The third kappa shape index (κ3) is 4.39. The molecule has 0 saturated carbocycles. The van der Waals surface area contributed by atoms with Gasteiger partial charge in [0, 0.05) is 19.2 Å². The molecule has 2 N–H and O–H groups in total. The summed E-state index contributed by atoms with van der Waals surface area (Å²) >= 11 is 0. The molecule has 0 aliphatic heterocycles. The van der Waals surface area contributed by atoms with Crippen molar-refractivity contribution in [3.8, 4) is 0 Å². The van der Waals surface area contributed by atoms with Crippen molar-refractivity contribution in [2.45, 2.75) is 27.7 Å². The molecule has 0 radical (unpaired) electrons. The van der Waals surface area contributed by atoms with E-state index in [0.29, 0.717) is 17.7 Å². The van der Waals surface area contributed by atoms with Crippen LogP contribution >= 0.6 is 0 Å². The molecule has 1 rings (SSSR count). The zero-order valence-electron chi connectivity index (χ0n) is 12.0. The van der Waals surface area contributed by atoms with E-state index in [2.05, 4.69) is 37.6 Å². The Morgan fingerprint density at radius 1 is 1.26 bits per heavy atom. The molecule has 0 spiro atoms.